The number of anilines is 1. The number of carbonyl (C=O) groups excluding carboxylic acids is 2. The number of amides is 1. The van der Waals surface area contributed by atoms with Crippen molar-refractivity contribution >= 4 is 28.6 Å². The molecule has 0 unspecified atom stereocenters. The molecule has 0 saturated heterocycles. The summed E-state index contributed by atoms with van der Waals surface area (Å²) in [7, 11) is 0. The van der Waals surface area contributed by atoms with Gasteiger partial charge in [-0.1, -0.05) is 17.7 Å². The Labute approximate surface area is 157 Å². The van der Waals surface area contributed by atoms with Gasteiger partial charge in [-0.05, 0) is 57.0 Å². The van der Waals surface area contributed by atoms with Gasteiger partial charge in [0.1, 0.15) is 0 Å². The standard InChI is InChI=1S/C21H21N3O3/c1-12-9-13(2)19(14(3)10-12)24-20(25)15(4)27-21(26)16-5-6-17-18(11-16)23-8-7-22-17/h5-11,15H,1-4H3,(H,24,25)/t15-/m1/s1. The number of carbonyl (C=O) groups is 2. The molecule has 0 radical (unpaired) electrons. The zero-order valence-electron chi connectivity index (χ0n) is 15.7. The Kier molecular flexibility index (Phi) is 5.16. The van der Waals surface area contributed by atoms with Crippen molar-refractivity contribution < 1.29 is 14.3 Å². The Hall–Kier alpha value is -3.28. The maximum Gasteiger partial charge on any atom is 0.338 e. The SMILES string of the molecule is Cc1cc(C)c(NC(=O)[C@@H](C)OC(=O)c2ccc3nccnc3c2)c(C)c1. The third-order valence-electron chi connectivity index (χ3n) is 4.28. The maximum absolute atomic E-state index is 12.5. The average molecular weight is 363 g/mol. The first kappa shape index (κ1) is 18.5. The summed E-state index contributed by atoms with van der Waals surface area (Å²) in [5.41, 5.74) is 5.40. The fourth-order valence-corrected chi connectivity index (χ4v) is 2.97. The van der Waals surface area contributed by atoms with E-state index >= 15 is 0 Å². The van der Waals surface area contributed by atoms with Crippen LogP contribution in [-0.4, -0.2) is 27.9 Å². The highest BCUT2D eigenvalue weighted by Gasteiger charge is 2.20. The zero-order valence-corrected chi connectivity index (χ0v) is 15.7. The molecule has 1 atom stereocenters. The Morgan fingerprint density at radius 2 is 1.59 bits per heavy atom. The van der Waals surface area contributed by atoms with Crippen LogP contribution in [0.3, 0.4) is 0 Å². The van der Waals surface area contributed by atoms with E-state index in [1.54, 1.807) is 37.5 Å². The number of benzene rings is 2. The van der Waals surface area contributed by atoms with Gasteiger partial charge in [-0.2, -0.15) is 0 Å². The van der Waals surface area contributed by atoms with Crippen LogP contribution in [0.5, 0.6) is 0 Å². The normalized spacial score (nSPS) is 11.9. The van der Waals surface area contributed by atoms with Crippen LogP contribution in [0.15, 0.2) is 42.7 Å². The summed E-state index contributed by atoms with van der Waals surface area (Å²) in [6.07, 6.45) is 2.21. The molecule has 2 aromatic carbocycles. The van der Waals surface area contributed by atoms with E-state index in [9.17, 15) is 9.59 Å². The van der Waals surface area contributed by atoms with Gasteiger partial charge in [0.2, 0.25) is 0 Å². The smallest absolute Gasteiger partial charge is 0.338 e. The van der Waals surface area contributed by atoms with E-state index in [-0.39, 0.29) is 5.91 Å². The topological polar surface area (TPSA) is 81.2 Å². The molecule has 0 aliphatic carbocycles. The van der Waals surface area contributed by atoms with Crippen molar-refractivity contribution in [3.8, 4) is 0 Å². The van der Waals surface area contributed by atoms with Gasteiger partial charge in [0.25, 0.3) is 5.91 Å². The van der Waals surface area contributed by atoms with Crippen molar-refractivity contribution in [2.45, 2.75) is 33.8 Å². The first-order valence-electron chi connectivity index (χ1n) is 8.65. The molecule has 138 valence electrons. The Morgan fingerprint density at radius 1 is 0.963 bits per heavy atom. The van der Waals surface area contributed by atoms with Crippen LogP contribution in [0.1, 0.15) is 34.0 Å². The van der Waals surface area contributed by atoms with E-state index in [2.05, 4.69) is 15.3 Å². The van der Waals surface area contributed by atoms with Crippen LogP contribution in [0.2, 0.25) is 0 Å². The largest absolute Gasteiger partial charge is 0.449 e. The zero-order chi connectivity index (χ0) is 19.6. The predicted octanol–water partition coefficient (Wildman–Crippen LogP) is 3.74. The number of aryl methyl sites for hydroxylation is 3. The summed E-state index contributed by atoms with van der Waals surface area (Å²) in [5.74, 6) is -0.957. The molecule has 0 aliphatic heterocycles. The first-order chi connectivity index (χ1) is 12.8. The molecular formula is C21H21N3O3. The molecule has 0 aliphatic rings. The molecule has 1 heterocycles. The number of hydrogen-bond acceptors (Lipinski definition) is 5. The monoisotopic (exact) mass is 363 g/mol. The van der Waals surface area contributed by atoms with Crippen LogP contribution in [0.4, 0.5) is 5.69 Å². The Balaban J connectivity index is 1.71. The van der Waals surface area contributed by atoms with E-state index < -0.39 is 12.1 Å². The van der Waals surface area contributed by atoms with E-state index in [0.29, 0.717) is 16.6 Å². The second kappa shape index (κ2) is 7.53. The summed E-state index contributed by atoms with van der Waals surface area (Å²) >= 11 is 0. The minimum Gasteiger partial charge on any atom is -0.449 e. The van der Waals surface area contributed by atoms with Crippen molar-refractivity contribution in [3.05, 3.63) is 65.0 Å². The number of esters is 1. The number of fused-ring (bicyclic) bond motifs is 1. The lowest BCUT2D eigenvalue weighted by molar-refractivity contribution is -0.123. The van der Waals surface area contributed by atoms with Gasteiger partial charge in [-0.25, -0.2) is 4.79 Å². The first-order valence-corrected chi connectivity index (χ1v) is 8.65. The molecule has 0 fully saturated rings. The summed E-state index contributed by atoms with van der Waals surface area (Å²) in [4.78, 5) is 33.2. The van der Waals surface area contributed by atoms with Crippen LogP contribution in [0, 0.1) is 20.8 Å². The van der Waals surface area contributed by atoms with Gasteiger partial charge in [0, 0.05) is 18.1 Å². The minimum atomic E-state index is -0.935. The molecule has 1 amide bonds. The van der Waals surface area contributed by atoms with Crippen LogP contribution in [-0.2, 0) is 9.53 Å². The highest BCUT2D eigenvalue weighted by atomic mass is 16.5. The van der Waals surface area contributed by atoms with Crippen molar-refractivity contribution in [2.24, 2.45) is 0 Å². The summed E-state index contributed by atoms with van der Waals surface area (Å²) in [6, 6.07) is 8.90. The fourth-order valence-electron chi connectivity index (χ4n) is 2.97. The molecule has 6 nitrogen and oxygen atoms in total. The second-order valence-electron chi connectivity index (χ2n) is 6.57. The third kappa shape index (κ3) is 4.11. The molecule has 6 heteroatoms. The average Bonchev–Trinajstić information content (AvgIpc) is 2.63. The molecule has 0 saturated carbocycles. The molecule has 1 aromatic heterocycles. The van der Waals surface area contributed by atoms with Crippen LogP contribution in [0.25, 0.3) is 11.0 Å². The summed E-state index contributed by atoms with van der Waals surface area (Å²) in [5, 5.41) is 2.85. The lowest BCUT2D eigenvalue weighted by atomic mass is 10.0. The molecule has 3 rings (SSSR count). The number of nitrogens with zero attached hydrogens (tertiary/aromatic N) is 2. The van der Waals surface area contributed by atoms with E-state index in [0.717, 1.165) is 22.4 Å². The van der Waals surface area contributed by atoms with Crippen molar-refractivity contribution in [2.75, 3.05) is 5.32 Å². The van der Waals surface area contributed by atoms with E-state index in [1.807, 2.05) is 32.9 Å². The van der Waals surface area contributed by atoms with Crippen molar-refractivity contribution in [1.29, 1.82) is 0 Å². The summed E-state index contributed by atoms with van der Waals surface area (Å²) in [6.45, 7) is 7.42. The third-order valence-corrected chi connectivity index (χ3v) is 4.28. The number of ether oxygens (including phenoxy) is 1. The van der Waals surface area contributed by atoms with Crippen molar-refractivity contribution in [3.63, 3.8) is 0 Å². The number of rotatable bonds is 4. The lowest BCUT2D eigenvalue weighted by Crippen LogP contribution is -2.30. The van der Waals surface area contributed by atoms with E-state index in [4.69, 9.17) is 4.74 Å². The van der Waals surface area contributed by atoms with Gasteiger partial charge in [-0.15, -0.1) is 0 Å². The Morgan fingerprint density at radius 3 is 2.26 bits per heavy atom. The highest BCUT2D eigenvalue weighted by molar-refractivity contribution is 5.99. The molecule has 3 aromatic rings. The molecular weight excluding hydrogens is 342 g/mol. The number of nitrogens with one attached hydrogen (secondary N) is 1. The number of hydrogen-bond donors (Lipinski definition) is 1. The number of aromatic nitrogens is 2. The van der Waals surface area contributed by atoms with Gasteiger partial charge >= 0.3 is 5.97 Å². The van der Waals surface area contributed by atoms with Crippen LogP contribution < -0.4 is 5.32 Å². The van der Waals surface area contributed by atoms with Gasteiger partial charge in [0.05, 0.1) is 16.6 Å². The minimum absolute atomic E-state index is 0.324. The fraction of sp³-hybridized carbons (Fsp3) is 0.238. The van der Waals surface area contributed by atoms with Crippen molar-refractivity contribution in [1.82, 2.24) is 9.97 Å². The molecule has 0 bridgehead atoms. The van der Waals surface area contributed by atoms with Gasteiger partial charge in [-0.3, -0.25) is 14.8 Å². The quantitative estimate of drug-likeness (QED) is 0.714. The van der Waals surface area contributed by atoms with Gasteiger partial charge in [0.15, 0.2) is 6.10 Å². The Bertz CT molecular complexity index is 1010. The highest BCUT2D eigenvalue weighted by Crippen LogP contribution is 2.22. The second-order valence-corrected chi connectivity index (χ2v) is 6.57. The molecule has 0 spiro atoms. The lowest BCUT2D eigenvalue weighted by Gasteiger charge is -2.17. The van der Waals surface area contributed by atoms with Gasteiger partial charge < -0.3 is 10.1 Å². The predicted molar refractivity (Wildman–Crippen MR) is 104 cm³/mol. The molecule has 1 N–H and O–H groups in total. The maximum atomic E-state index is 12.5. The van der Waals surface area contributed by atoms with E-state index in [1.165, 1.54) is 0 Å². The van der Waals surface area contributed by atoms with Crippen LogP contribution >= 0.6 is 0 Å². The summed E-state index contributed by atoms with van der Waals surface area (Å²) < 4.78 is 5.32. The molecule has 27 heavy (non-hydrogen) atoms.